The standard InChI is InChI=1S/C20H18ClN3O5/c1-12-15(13(2)29-24-12)10-27-17-8-4-3-6-14(17)20(26)28-11-18(25)23-16-7-5-9-22-19(16)21/h3-9H,10-11H2,1-2H3,(H,23,25). The highest BCUT2D eigenvalue weighted by molar-refractivity contribution is 6.32. The molecule has 9 heteroatoms. The number of amides is 1. The van der Waals surface area contributed by atoms with Gasteiger partial charge in [-0.3, -0.25) is 4.79 Å². The molecule has 0 bridgehead atoms. The normalized spacial score (nSPS) is 10.4. The highest BCUT2D eigenvalue weighted by Crippen LogP contribution is 2.22. The molecule has 0 atom stereocenters. The molecule has 2 heterocycles. The lowest BCUT2D eigenvalue weighted by Crippen LogP contribution is -2.21. The Bertz CT molecular complexity index is 1010. The molecule has 0 radical (unpaired) electrons. The zero-order valence-corrected chi connectivity index (χ0v) is 16.5. The van der Waals surface area contributed by atoms with E-state index in [1.165, 1.54) is 6.20 Å². The Hall–Kier alpha value is -3.39. The van der Waals surface area contributed by atoms with Gasteiger partial charge in [0, 0.05) is 6.20 Å². The number of carbonyl (C=O) groups is 2. The first-order chi connectivity index (χ1) is 14.0. The zero-order valence-electron chi connectivity index (χ0n) is 15.8. The number of pyridine rings is 1. The third kappa shape index (κ3) is 5.11. The predicted octanol–water partition coefficient (Wildman–Crippen LogP) is 3.71. The molecule has 0 unspecified atom stereocenters. The fraction of sp³-hybridized carbons (Fsp3) is 0.200. The van der Waals surface area contributed by atoms with Gasteiger partial charge in [-0.25, -0.2) is 9.78 Å². The molecule has 1 N–H and O–H groups in total. The van der Waals surface area contributed by atoms with E-state index < -0.39 is 18.5 Å². The van der Waals surface area contributed by atoms with Crippen LogP contribution >= 0.6 is 11.6 Å². The number of hydrogen-bond acceptors (Lipinski definition) is 7. The second kappa shape index (κ2) is 9.20. The molecule has 1 aromatic carbocycles. The van der Waals surface area contributed by atoms with Gasteiger partial charge in [0.15, 0.2) is 11.8 Å². The van der Waals surface area contributed by atoms with E-state index in [2.05, 4.69) is 15.5 Å². The largest absolute Gasteiger partial charge is 0.488 e. The van der Waals surface area contributed by atoms with Gasteiger partial charge in [0.2, 0.25) is 0 Å². The maximum Gasteiger partial charge on any atom is 0.342 e. The number of nitrogens with zero attached hydrogens (tertiary/aromatic N) is 2. The summed E-state index contributed by atoms with van der Waals surface area (Å²) in [5.74, 6) is -0.254. The molecule has 0 saturated carbocycles. The molecular weight excluding hydrogens is 398 g/mol. The van der Waals surface area contributed by atoms with E-state index in [1.807, 2.05) is 6.92 Å². The molecule has 150 valence electrons. The minimum Gasteiger partial charge on any atom is -0.488 e. The second-order valence-electron chi connectivity index (χ2n) is 6.05. The Morgan fingerprint density at radius 1 is 1.17 bits per heavy atom. The molecule has 3 aromatic rings. The monoisotopic (exact) mass is 415 g/mol. The van der Waals surface area contributed by atoms with Gasteiger partial charge < -0.3 is 19.3 Å². The van der Waals surface area contributed by atoms with Gasteiger partial charge in [0.1, 0.15) is 23.7 Å². The summed E-state index contributed by atoms with van der Waals surface area (Å²) in [4.78, 5) is 28.3. The number of aromatic nitrogens is 2. The number of nitrogens with one attached hydrogen (secondary N) is 1. The van der Waals surface area contributed by atoms with Crippen molar-refractivity contribution in [3.05, 3.63) is 70.3 Å². The Morgan fingerprint density at radius 3 is 2.69 bits per heavy atom. The summed E-state index contributed by atoms with van der Waals surface area (Å²) < 4.78 is 16.0. The van der Waals surface area contributed by atoms with Crippen LogP contribution in [0.1, 0.15) is 27.4 Å². The van der Waals surface area contributed by atoms with Crippen molar-refractivity contribution in [2.75, 3.05) is 11.9 Å². The number of esters is 1. The highest BCUT2D eigenvalue weighted by Gasteiger charge is 2.17. The summed E-state index contributed by atoms with van der Waals surface area (Å²) in [5.41, 5.74) is 2.05. The quantitative estimate of drug-likeness (QED) is 0.463. The number of ether oxygens (including phenoxy) is 2. The topological polar surface area (TPSA) is 104 Å². The SMILES string of the molecule is Cc1noc(C)c1COc1ccccc1C(=O)OCC(=O)Nc1cccnc1Cl. The average molecular weight is 416 g/mol. The van der Waals surface area contributed by atoms with Crippen LogP contribution in [0.5, 0.6) is 5.75 Å². The number of benzene rings is 1. The Kier molecular flexibility index (Phi) is 6.46. The van der Waals surface area contributed by atoms with Crippen LogP contribution in [0.2, 0.25) is 5.15 Å². The lowest BCUT2D eigenvalue weighted by Gasteiger charge is -2.11. The molecule has 0 spiro atoms. The van der Waals surface area contributed by atoms with Crippen LogP contribution in [-0.2, 0) is 16.1 Å². The van der Waals surface area contributed by atoms with E-state index in [1.54, 1.807) is 43.3 Å². The van der Waals surface area contributed by atoms with Crippen molar-refractivity contribution in [2.45, 2.75) is 20.5 Å². The van der Waals surface area contributed by atoms with E-state index in [-0.39, 0.29) is 17.3 Å². The predicted molar refractivity (Wildman–Crippen MR) is 105 cm³/mol. The Morgan fingerprint density at radius 2 is 1.97 bits per heavy atom. The van der Waals surface area contributed by atoms with Gasteiger partial charge >= 0.3 is 5.97 Å². The van der Waals surface area contributed by atoms with Crippen molar-refractivity contribution in [2.24, 2.45) is 0 Å². The van der Waals surface area contributed by atoms with Crippen LogP contribution in [0.3, 0.4) is 0 Å². The maximum atomic E-state index is 12.4. The van der Waals surface area contributed by atoms with Crippen molar-refractivity contribution in [1.82, 2.24) is 10.1 Å². The molecule has 0 fully saturated rings. The van der Waals surface area contributed by atoms with Crippen LogP contribution in [-0.4, -0.2) is 28.6 Å². The minimum atomic E-state index is -0.688. The van der Waals surface area contributed by atoms with E-state index in [0.29, 0.717) is 22.9 Å². The fourth-order valence-corrected chi connectivity index (χ4v) is 2.66. The third-order valence-corrected chi connectivity index (χ3v) is 4.33. The van der Waals surface area contributed by atoms with Crippen LogP contribution in [0.4, 0.5) is 5.69 Å². The minimum absolute atomic E-state index is 0.144. The van der Waals surface area contributed by atoms with Gasteiger partial charge in [-0.15, -0.1) is 0 Å². The van der Waals surface area contributed by atoms with Crippen molar-refractivity contribution in [1.29, 1.82) is 0 Å². The number of hydrogen-bond donors (Lipinski definition) is 1. The van der Waals surface area contributed by atoms with Gasteiger partial charge in [-0.2, -0.15) is 0 Å². The second-order valence-corrected chi connectivity index (χ2v) is 6.41. The first-order valence-corrected chi connectivity index (χ1v) is 9.04. The Balaban J connectivity index is 1.61. The fourth-order valence-electron chi connectivity index (χ4n) is 2.49. The maximum absolute atomic E-state index is 12.4. The molecular formula is C20H18ClN3O5. The van der Waals surface area contributed by atoms with Crippen LogP contribution in [0.15, 0.2) is 47.1 Å². The van der Waals surface area contributed by atoms with Gasteiger partial charge in [-0.05, 0) is 38.1 Å². The molecule has 1 amide bonds. The number of carbonyl (C=O) groups excluding carboxylic acids is 2. The van der Waals surface area contributed by atoms with E-state index in [4.69, 9.17) is 25.6 Å². The average Bonchev–Trinajstić information content (AvgIpc) is 3.04. The smallest absolute Gasteiger partial charge is 0.342 e. The molecule has 0 aliphatic rings. The van der Waals surface area contributed by atoms with Crippen molar-refractivity contribution >= 4 is 29.2 Å². The molecule has 0 saturated heterocycles. The van der Waals surface area contributed by atoms with Crippen molar-refractivity contribution < 1.29 is 23.6 Å². The first-order valence-electron chi connectivity index (χ1n) is 8.66. The number of para-hydroxylation sites is 1. The number of anilines is 1. The summed E-state index contributed by atoms with van der Waals surface area (Å²) in [6.07, 6.45) is 1.50. The summed E-state index contributed by atoms with van der Waals surface area (Å²) in [6, 6.07) is 9.82. The molecule has 0 aliphatic carbocycles. The molecule has 3 rings (SSSR count). The van der Waals surface area contributed by atoms with E-state index in [0.717, 1.165) is 5.56 Å². The van der Waals surface area contributed by atoms with Gasteiger partial charge in [-0.1, -0.05) is 28.9 Å². The van der Waals surface area contributed by atoms with Gasteiger partial charge in [0.05, 0.1) is 16.9 Å². The molecule has 29 heavy (non-hydrogen) atoms. The van der Waals surface area contributed by atoms with E-state index in [9.17, 15) is 9.59 Å². The highest BCUT2D eigenvalue weighted by atomic mass is 35.5. The van der Waals surface area contributed by atoms with E-state index >= 15 is 0 Å². The summed E-state index contributed by atoms with van der Waals surface area (Å²) in [7, 11) is 0. The summed E-state index contributed by atoms with van der Waals surface area (Å²) in [6.45, 7) is 3.29. The summed E-state index contributed by atoms with van der Waals surface area (Å²) >= 11 is 5.89. The van der Waals surface area contributed by atoms with Gasteiger partial charge in [0.25, 0.3) is 5.91 Å². The number of aryl methyl sites for hydroxylation is 2. The van der Waals surface area contributed by atoms with Crippen molar-refractivity contribution in [3.8, 4) is 5.75 Å². The molecule has 8 nitrogen and oxygen atoms in total. The molecule has 2 aromatic heterocycles. The zero-order chi connectivity index (χ0) is 20.8. The molecule has 0 aliphatic heterocycles. The van der Waals surface area contributed by atoms with Crippen molar-refractivity contribution in [3.63, 3.8) is 0 Å². The van der Waals surface area contributed by atoms with Crippen LogP contribution in [0, 0.1) is 13.8 Å². The lowest BCUT2D eigenvalue weighted by atomic mass is 10.2. The lowest BCUT2D eigenvalue weighted by molar-refractivity contribution is -0.119. The first kappa shape index (κ1) is 20.3. The Labute approximate surface area is 171 Å². The number of halogens is 1. The summed E-state index contributed by atoms with van der Waals surface area (Å²) in [5, 5.41) is 6.54. The third-order valence-electron chi connectivity index (χ3n) is 4.03. The van der Waals surface area contributed by atoms with Crippen LogP contribution in [0.25, 0.3) is 0 Å². The number of rotatable bonds is 7. The van der Waals surface area contributed by atoms with Crippen LogP contribution < -0.4 is 10.1 Å².